The summed E-state index contributed by atoms with van der Waals surface area (Å²) in [6.45, 7) is 4.58. The normalized spacial score (nSPS) is 37.0. The number of hydrogen-bond acceptors (Lipinski definition) is 8. The predicted molar refractivity (Wildman–Crippen MR) is 125 cm³/mol. The molecule has 6 N–H and O–H groups in total. The molecule has 34 heavy (non-hydrogen) atoms. The van der Waals surface area contributed by atoms with E-state index >= 15 is 0 Å². The molecule has 1 saturated heterocycles. The Bertz CT molecular complexity index is 676. The largest absolute Gasteiger partial charge is 0.600 e. The third kappa shape index (κ3) is 7.72. The standard InChI is InChI=1S/C22H40ClN5O6/c1-2-34-22(29)16-4-3-11-26(13-16)14-20(15-5-7-17(23)8-6-15)25-24-19-10-9-18(27(30)31)12-21(19)28(32)33/h15-19,21,24,27-28,30,32H,2-14H2,1H3/p+1. The first-order valence-electron chi connectivity index (χ1n) is 12.7. The van der Waals surface area contributed by atoms with Crippen LogP contribution < -0.4 is 20.8 Å². The van der Waals surface area contributed by atoms with Crippen molar-refractivity contribution in [2.24, 2.45) is 16.9 Å². The van der Waals surface area contributed by atoms with E-state index in [1.807, 2.05) is 6.92 Å². The maximum Gasteiger partial charge on any atom is 0.314 e. The van der Waals surface area contributed by atoms with Crippen LogP contribution in [-0.2, 0) is 9.53 Å². The van der Waals surface area contributed by atoms with Crippen molar-refractivity contribution in [3.05, 3.63) is 10.4 Å². The molecule has 7 atom stereocenters. The van der Waals surface area contributed by atoms with Crippen molar-refractivity contribution in [2.75, 3.05) is 26.2 Å². The summed E-state index contributed by atoms with van der Waals surface area (Å²) < 4.78 is 5.24. The molecule has 0 radical (unpaired) electrons. The van der Waals surface area contributed by atoms with Gasteiger partial charge in [0.1, 0.15) is 24.5 Å². The lowest BCUT2D eigenvalue weighted by atomic mass is 9.84. The van der Waals surface area contributed by atoms with E-state index in [0.29, 0.717) is 32.5 Å². The zero-order valence-electron chi connectivity index (χ0n) is 20.0. The van der Waals surface area contributed by atoms with Gasteiger partial charge in [-0.3, -0.25) is 4.79 Å². The quantitative estimate of drug-likeness (QED) is 0.0955. The number of rotatable bonds is 9. The highest BCUT2D eigenvalue weighted by Gasteiger charge is 2.39. The summed E-state index contributed by atoms with van der Waals surface area (Å²) in [6.07, 6.45) is 6.54. The number of alkyl halides is 1. The minimum absolute atomic E-state index is 0.0980. The Balaban J connectivity index is 1.69. The molecule has 3 aliphatic rings. The number of carbonyl (C=O) groups excluding carboxylic acids is 1. The third-order valence-corrected chi connectivity index (χ3v) is 8.12. The lowest BCUT2D eigenvalue weighted by molar-refractivity contribution is -1.09. The van der Waals surface area contributed by atoms with Gasteiger partial charge in [-0.05, 0) is 51.9 Å². The Morgan fingerprint density at radius 2 is 1.85 bits per heavy atom. The van der Waals surface area contributed by atoms with Crippen molar-refractivity contribution in [3.63, 3.8) is 0 Å². The molecule has 3 rings (SSSR count). The topological polar surface area (TPSA) is 151 Å². The van der Waals surface area contributed by atoms with Crippen molar-refractivity contribution in [1.82, 2.24) is 5.43 Å². The SMILES string of the molecule is CCOC(=O)C1CCC[NH+](CC(=NNC2CCC([NH+]([O-])O)CC2[NH+]([O-])O)C2CCC(Cl)CC2)C1. The number of hydrogen-bond donors (Lipinski definition) is 6. The summed E-state index contributed by atoms with van der Waals surface area (Å²) in [5.41, 5.74) is 4.15. The summed E-state index contributed by atoms with van der Waals surface area (Å²) >= 11 is 6.33. The number of quaternary nitrogens is 3. The number of likely N-dealkylation sites (tertiary alicyclic amines) is 1. The highest BCUT2D eigenvalue weighted by atomic mass is 35.5. The van der Waals surface area contributed by atoms with Gasteiger partial charge in [-0.1, -0.05) is 0 Å². The lowest BCUT2D eigenvalue weighted by Crippen LogP contribution is -3.15. The van der Waals surface area contributed by atoms with Crippen molar-refractivity contribution in [2.45, 2.75) is 88.2 Å². The fraction of sp³-hybridized carbons (Fsp3) is 0.909. The van der Waals surface area contributed by atoms with Crippen LogP contribution in [0.1, 0.15) is 64.7 Å². The van der Waals surface area contributed by atoms with E-state index in [-0.39, 0.29) is 29.6 Å². The van der Waals surface area contributed by atoms with Crippen LogP contribution in [0.4, 0.5) is 0 Å². The first kappa shape index (κ1) is 27.5. The number of ether oxygens (including phenoxy) is 1. The minimum atomic E-state index is -0.984. The molecule has 12 heteroatoms. The zero-order valence-corrected chi connectivity index (χ0v) is 20.8. The molecule has 0 aromatic carbocycles. The maximum absolute atomic E-state index is 12.3. The molecule has 0 spiro atoms. The molecule has 1 heterocycles. The van der Waals surface area contributed by atoms with Crippen LogP contribution in [0.15, 0.2) is 5.10 Å². The highest BCUT2D eigenvalue weighted by molar-refractivity contribution is 6.20. The molecule has 0 aromatic rings. The third-order valence-electron chi connectivity index (χ3n) is 7.69. The number of carbonyl (C=O) groups is 1. The smallest absolute Gasteiger partial charge is 0.314 e. The number of halogens is 1. The summed E-state index contributed by atoms with van der Waals surface area (Å²) in [7, 11) is 0. The van der Waals surface area contributed by atoms with Gasteiger partial charge in [0.2, 0.25) is 0 Å². The van der Waals surface area contributed by atoms with Gasteiger partial charge in [0.25, 0.3) is 0 Å². The van der Waals surface area contributed by atoms with Crippen LogP contribution in [0.2, 0.25) is 0 Å². The van der Waals surface area contributed by atoms with Gasteiger partial charge in [0.05, 0.1) is 37.9 Å². The van der Waals surface area contributed by atoms with Crippen molar-refractivity contribution < 1.29 is 35.3 Å². The lowest BCUT2D eigenvalue weighted by Gasteiger charge is -2.39. The van der Waals surface area contributed by atoms with Gasteiger partial charge < -0.3 is 25.5 Å². The van der Waals surface area contributed by atoms with Crippen molar-refractivity contribution in [3.8, 4) is 0 Å². The fourth-order valence-electron chi connectivity index (χ4n) is 5.68. The van der Waals surface area contributed by atoms with Crippen LogP contribution >= 0.6 is 11.6 Å². The van der Waals surface area contributed by atoms with E-state index in [9.17, 15) is 25.6 Å². The molecular weight excluding hydrogens is 466 g/mol. The number of nitrogens with one attached hydrogen (secondary N) is 4. The van der Waals surface area contributed by atoms with Gasteiger partial charge in [0.15, 0.2) is 0 Å². The second-order valence-corrected chi connectivity index (χ2v) is 10.7. The number of piperidine rings is 1. The minimum Gasteiger partial charge on any atom is -0.600 e. The van der Waals surface area contributed by atoms with Gasteiger partial charge in [-0.25, -0.2) is 20.9 Å². The number of hydrazone groups is 1. The van der Waals surface area contributed by atoms with E-state index < -0.39 is 28.6 Å². The molecule has 196 valence electrons. The monoisotopic (exact) mass is 506 g/mol. The van der Waals surface area contributed by atoms with E-state index in [4.69, 9.17) is 21.4 Å². The van der Waals surface area contributed by atoms with E-state index in [1.165, 1.54) is 4.90 Å². The fourth-order valence-corrected chi connectivity index (χ4v) is 5.93. The molecule has 0 aromatic heterocycles. The molecule has 3 fully saturated rings. The van der Waals surface area contributed by atoms with Crippen LogP contribution in [-0.4, -0.2) is 71.8 Å². The van der Waals surface area contributed by atoms with E-state index in [1.54, 1.807) is 0 Å². The van der Waals surface area contributed by atoms with Crippen LogP contribution in [0.5, 0.6) is 0 Å². The Morgan fingerprint density at radius 1 is 1.12 bits per heavy atom. The summed E-state index contributed by atoms with van der Waals surface area (Å²) in [5, 5.41) is 45.3. The summed E-state index contributed by atoms with van der Waals surface area (Å²) in [4.78, 5) is 13.6. The Hall–Kier alpha value is -1.05. The van der Waals surface area contributed by atoms with Crippen molar-refractivity contribution in [1.29, 1.82) is 0 Å². The van der Waals surface area contributed by atoms with Crippen LogP contribution in [0.3, 0.4) is 0 Å². The predicted octanol–water partition coefficient (Wildman–Crippen LogP) is -1.58. The van der Waals surface area contributed by atoms with Crippen LogP contribution in [0, 0.1) is 22.3 Å². The molecule has 2 aliphatic carbocycles. The van der Waals surface area contributed by atoms with Gasteiger partial charge in [0, 0.05) is 17.7 Å². The molecule has 1 aliphatic heterocycles. The average Bonchev–Trinajstić information content (AvgIpc) is 2.82. The number of esters is 1. The molecule has 11 nitrogen and oxygen atoms in total. The van der Waals surface area contributed by atoms with Crippen LogP contribution in [0.25, 0.3) is 0 Å². The van der Waals surface area contributed by atoms with E-state index in [2.05, 4.69) is 5.43 Å². The van der Waals surface area contributed by atoms with Gasteiger partial charge >= 0.3 is 5.97 Å². The highest BCUT2D eigenvalue weighted by Crippen LogP contribution is 2.28. The number of hydroxylamine groups is 4. The second kappa shape index (κ2) is 13.3. The maximum atomic E-state index is 12.3. The second-order valence-electron chi connectivity index (χ2n) is 10.1. The first-order valence-corrected chi connectivity index (χ1v) is 13.1. The Morgan fingerprint density at radius 3 is 2.50 bits per heavy atom. The number of nitrogens with zero attached hydrogens (tertiary/aromatic N) is 1. The van der Waals surface area contributed by atoms with Gasteiger partial charge in [-0.15, -0.1) is 11.6 Å². The van der Waals surface area contributed by atoms with E-state index in [0.717, 1.165) is 50.8 Å². The summed E-state index contributed by atoms with van der Waals surface area (Å²) in [5.74, 6) is 0.0502. The molecular formula is C22H41ClN5O6+. The first-order chi connectivity index (χ1) is 16.3. The van der Waals surface area contributed by atoms with Crippen molar-refractivity contribution >= 4 is 23.3 Å². The Labute approximate surface area is 206 Å². The van der Waals surface area contributed by atoms with Gasteiger partial charge in [-0.2, -0.15) is 5.10 Å². The molecule has 0 amide bonds. The Kier molecular flexibility index (Phi) is 10.8. The average molecular weight is 507 g/mol. The summed E-state index contributed by atoms with van der Waals surface area (Å²) in [6, 6.07) is -1.80. The molecule has 0 bridgehead atoms. The molecule has 7 unspecified atom stereocenters. The zero-order chi connectivity index (χ0) is 24.7. The molecule has 2 saturated carbocycles.